The first-order valence-corrected chi connectivity index (χ1v) is 9.11. The van der Waals surface area contributed by atoms with E-state index in [1.165, 1.54) is 0 Å². The first kappa shape index (κ1) is 18.5. The number of nitrogens with zero attached hydrogens (tertiary/aromatic N) is 1. The summed E-state index contributed by atoms with van der Waals surface area (Å²) in [5.74, 6) is -0.629. The fourth-order valence-electron chi connectivity index (χ4n) is 3.33. The molecule has 0 aromatic heterocycles. The molecule has 1 aliphatic heterocycles. The van der Waals surface area contributed by atoms with E-state index in [-0.39, 0.29) is 6.61 Å². The van der Waals surface area contributed by atoms with Crippen molar-refractivity contribution >= 4 is 28.6 Å². The summed E-state index contributed by atoms with van der Waals surface area (Å²) in [7, 11) is 0. The molecular formula is C22H19N3O4. The molecule has 3 aromatic carbocycles. The minimum atomic E-state index is -1.25. The lowest BCUT2D eigenvalue weighted by Crippen LogP contribution is -2.49. The topological polar surface area (TPSA) is 87.7 Å². The van der Waals surface area contributed by atoms with Crippen molar-refractivity contribution in [1.29, 1.82) is 0 Å². The number of hydrogen-bond acceptors (Lipinski definition) is 4. The van der Waals surface area contributed by atoms with Crippen LogP contribution >= 0.6 is 0 Å². The maximum absolute atomic E-state index is 12.8. The van der Waals surface area contributed by atoms with E-state index in [0.717, 1.165) is 10.8 Å². The molecule has 7 nitrogen and oxygen atoms in total. The molecule has 0 bridgehead atoms. The van der Waals surface area contributed by atoms with Crippen LogP contribution in [0.25, 0.3) is 10.8 Å². The Kier molecular flexibility index (Phi) is 4.64. The molecule has 1 aliphatic rings. The molecule has 7 heteroatoms. The molecule has 0 aliphatic carbocycles. The zero-order valence-electron chi connectivity index (χ0n) is 15.7. The Balaban J connectivity index is 1.44. The van der Waals surface area contributed by atoms with Crippen molar-refractivity contribution < 1.29 is 19.1 Å². The highest BCUT2D eigenvalue weighted by atomic mass is 16.5. The molecular weight excluding hydrogens is 370 g/mol. The fraction of sp³-hybridized carbons (Fsp3) is 0.136. The van der Waals surface area contributed by atoms with Gasteiger partial charge in [-0.05, 0) is 23.9 Å². The monoisotopic (exact) mass is 389 g/mol. The maximum Gasteiger partial charge on any atom is 0.344 e. The van der Waals surface area contributed by atoms with Gasteiger partial charge in [0.15, 0.2) is 6.61 Å². The largest absolute Gasteiger partial charge is 0.483 e. The van der Waals surface area contributed by atoms with Crippen LogP contribution in [0.4, 0.5) is 4.79 Å². The molecule has 146 valence electrons. The van der Waals surface area contributed by atoms with E-state index in [0.29, 0.717) is 16.3 Å². The lowest BCUT2D eigenvalue weighted by molar-refractivity contribution is -0.139. The molecule has 1 heterocycles. The summed E-state index contributed by atoms with van der Waals surface area (Å²) < 4.78 is 5.62. The number of hydrogen-bond donors (Lipinski definition) is 2. The molecule has 0 spiro atoms. The summed E-state index contributed by atoms with van der Waals surface area (Å²) in [6.45, 7) is 1.26. The van der Waals surface area contributed by atoms with Crippen LogP contribution < -0.4 is 15.5 Å². The smallest absolute Gasteiger partial charge is 0.344 e. The predicted octanol–water partition coefficient (Wildman–Crippen LogP) is 2.72. The van der Waals surface area contributed by atoms with Crippen LogP contribution in [0, 0.1) is 0 Å². The molecule has 3 aromatic rings. The Labute approximate surface area is 167 Å². The van der Waals surface area contributed by atoms with Crippen molar-refractivity contribution in [1.82, 2.24) is 15.8 Å². The number of benzene rings is 3. The average Bonchev–Trinajstić information content (AvgIpc) is 2.97. The Bertz CT molecular complexity index is 1090. The normalized spacial score (nSPS) is 18.6. The third-order valence-corrected chi connectivity index (χ3v) is 4.89. The SMILES string of the molecule is C[C@]1(c2ccccc2)NC(=O)N(NC(=O)COc2cccc3ccccc23)C1=O. The average molecular weight is 389 g/mol. The van der Waals surface area contributed by atoms with Crippen LogP contribution in [0.15, 0.2) is 72.8 Å². The van der Waals surface area contributed by atoms with Gasteiger partial charge in [0, 0.05) is 5.39 Å². The second-order valence-electron chi connectivity index (χ2n) is 6.86. The van der Waals surface area contributed by atoms with Gasteiger partial charge in [0.1, 0.15) is 11.3 Å². The van der Waals surface area contributed by atoms with E-state index in [1.54, 1.807) is 37.3 Å². The third-order valence-electron chi connectivity index (χ3n) is 4.89. The van der Waals surface area contributed by atoms with Crippen LogP contribution in [0.3, 0.4) is 0 Å². The minimum absolute atomic E-state index is 0.340. The quantitative estimate of drug-likeness (QED) is 0.657. The van der Waals surface area contributed by atoms with E-state index < -0.39 is 23.4 Å². The van der Waals surface area contributed by atoms with E-state index in [2.05, 4.69) is 10.7 Å². The number of amides is 4. The Hall–Kier alpha value is -3.87. The van der Waals surface area contributed by atoms with Crippen LogP contribution in [-0.2, 0) is 15.1 Å². The Morgan fingerprint density at radius 2 is 1.69 bits per heavy atom. The van der Waals surface area contributed by atoms with Crippen LogP contribution in [0.5, 0.6) is 5.75 Å². The number of urea groups is 1. The molecule has 0 radical (unpaired) electrons. The maximum atomic E-state index is 12.8. The predicted molar refractivity (Wildman–Crippen MR) is 107 cm³/mol. The van der Waals surface area contributed by atoms with Crippen molar-refractivity contribution in [2.75, 3.05) is 6.61 Å². The number of hydrazine groups is 1. The molecule has 0 saturated carbocycles. The van der Waals surface area contributed by atoms with Gasteiger partial charge in [-0.2, -0.15) is 5.01 Å². The fourth-order valence-corrected chi connectivity index (χ4v) is 3.33. The van der Waals surface area contributed by atoms with Crippen LogP contribution in [0.1, 0.15) is 12.5 Å². The van der Waals surface area contributed by atoms with Gasteiger partial charge in [-0.25, -0.2) is 4.79 Å². The molecule has 1 saturated heterocycles. The zero-order valence-corrected chi connectivity index (χ0v) is 15.7. The first-order valence-electron chi connectivity index (χ1n) is 9.11. The third kappa shape index (κ3) is 3.38. The van der Waals surface area contributed by atoms with E-state index in [1.807, 2.05) is 42.5 Å². The Morgan fingerprint density at radius 1 is 1.00 bits per heavy atom. The molecule has 4 amide bonds. The summed E-state index contributed by atoms with van der Waals surface area (Å²) in [5.41, 5.74) is 1.71. The van der Waals surface area contributed by atoms with Gasteiger partial charge in [-0.1, -0.05) is 66.7 Å². The second-order valence-corrected chi connectivity index (χ2v) is 6.86. The second kappa shape index (κ2) is 7.27. The first-order chi connectivity index (χ1) is 14.0. The zero-order chi connectivity index (χ0) is 20.4. The van der Waals surface area contributed by atoms with Gasteiger partial charge in [0.05, 0.1) is 0 Å². The number of carbonyl (C=O) groups excluding carboxylic acids is 3. The summed E-state index contributed by atoms with van der Waals surface area (Å²) >= 11 is 0. The number of ether oxygens (including phenoxy) is 1. The molecule has 1 fully saturated rings. The lowest BCUT2D eigenvalue weighted by Gasteiger charge is -2.22. The van der Waals surface area contributed by atoms with Gasteiger partial charge in [0.2, 0.25) is 0 Å². The Morgan fingerprint density at radius 3 is 2.48 bits per heavy atom. The summed E-state index contributed by atoms with van der Waals surface area (Å²) in [6.07, 6.45) is 0. The van der Waals surface area contributed by atoms with Crippen molar-refractivity contribution in [2.45, 2.75) is 12.5 Å². The lowest BCUT2D eigenvalue weighted by atomic mass is 9.92. The molecule has 0 unspecified atom stereocenters. The summed E-state index contributed by atoms with van der Waals surface area (Å²) in [6, 6.07) is 21.3. The van der Waals surface area contributed by atoms with Gasteiger partial charge < -0.3 is 10.1 Å². The van der Waals surface area contributed by atoms with E-state index in [4.69, 9.17) is 4.74 Å². The highest BCUT2D eigenvalue weighted by Crippen LogP contribution is 2.28. The van der Waals surface area contributed by atoms with Gasteiger partial charge in [-0.3, -0.25) is 15.0 Å². The van der Waals surface area contributed by atoms with Crippen molar-refractivity contribution in [3.8, 4) is 5.75 Å². The van der Waals surface area contributed by atoms with Crippen molar-refractivity contribution in [3.05, 3.63) is 78.4 Å². The number of fused-ring (bicyclic) bond motifs is 1. The molecule has 1 atom stereocenters. The van der Waals surface area contributed by atoms with Gasteiger partial charge in [0.25, 0.3) is 11.8 Å². The van der Waals surface area contributed by atoms with Crippen LogP contribution in [0.2, 0.25) is 0 Å². The van der Waals surface area contributed by atoms with Crippen LogP contribution in [-0.4, -0.2) is 29.5 Å². The standard InChI is InChI=1S/C22H19N3O4/c1-22(16-10-3-2-4-11-16)20(27)25(21(28)23-22)24-19(26)14-29-18-13-7-9-15-8-5-6-12-17(15)18/h2-13H,14H2,1H3,(H,23,28)(H,24,26)/t22-/m1/s1. The van der Waals surface area contributed by atoms with Gasteiger partial charge >= 0.3 is 6.03 Å². The van der Waals surface area contributed by atoms with Crippen molar-refractivity contribution in [2.24, 2.45) is 0 Å². The number of rotatable bonds is 5. The van der Waals surface area contributed by atoms with Crippen molar-refractivity contribution in [3.63, 3.8) is 0 Å². The van der Waals surface area contributed by atoms with E-state index in [9.17, 15) is 14.4 Å². The summed E-state index contributed by atoms with van der Waals surface area (Å²) in [4.78, 5) is 37.4. The number of nitrogens with one attached hydrogen (secondary N) is 2. The number of imide groups is 1. The molecule has 2 N–H and O–H groups in total. The highest BCUT2D eigenvalue weighted by molar-refractivity contribution is 6.08. The minimum Gasteiger partial charge on any atom is -0.483 e. The van der Waals surface area contributed by atoms with E-state index >= 15 is 0 Å². The summed E-state index contributed by atoms with van der Waals surface area (Å²) in [5, 5.41) is 5.18. The van der Waals surface area contributed by atoms with Gasteiger partial charge in [-0.15, -0.1) is 0 Å². The highest BCUT2D eigenvalue weighted by Gasteiger charge is 2.49. The number of carbonyl (C=O) groups is 3. The molecule has 29 heavy (non-hydrogen) atoms. The molecule has 4 rings (SSSR count).